The lowest BCUT2D eigenvalue weighted by atomic mass is 9.92. The molecule has 2 heteroatoms. The van der Waals surface area contributed by atoms with Crippen LogP contribution in [0.15, 0.2) is 29.8 Å². The largest absolute Gasteiger partial charge is 0.496 e. The number of hydrogen-bond acceptors (Lipinski definition) is 2. The van der Waals surface area contributed by atoms with Crippen LogP contribution in [0.25, 0.3) is 0 Å². The lowest BCUT2D eigenvalue weighted by Crippen LogP contribution is -2.04. The molecule has 0 aliphatic heterocycles. The number of ether oxygens (including phenoxy) is 1. The topological polar surface area (TPSA) is 29.5 Å². The molecule has 104 valence electrons. The molecule has 0 saturated carbocycles. The van der Waals surface area contributed by atoms with Crippen molar-refractivity contribution in [1.82, 2.24) is 0 Å². The SMILES string of the molecule is COc1ccc(C(O)/C2=C/CCCCCC2)cc1C. The van der Waals surface area contributed by atoms with Crippen LogP contribution in [0.3, 0.4) is 0 Å². The molecular weight excluding hydrogens is 236 g/mol. The van der Waals surface area contributed by atoms with E-state index < -0.39 is 6.10 Å². The van der Waals surface area contributed by atoms with Gasteiger partial charge < -0.3 is 9.84 Å². The fraction of sp³-hybridized carbons (Fsp3) is 0.529. The van der Waals surface area contributed by atoms with Crippen molar-refractivity contribution in [3.05, 3.63) is 41.0 Å². The summed E-state index contributed by atoms with van der Waals surface area (Å²) in [6, 6.07) is 5.94. The normalized spacial score (nSPS) is 20.9. The van der Waals surface area contributed by atoms with Crippen molar-refractivity contribution < 1.29 is 9.84 Å². The zero-order valence-electron chi connectivity index (χ0n) is 12.0. The smallest absolute Gasteiger partial charge is 0.121 e. The number of aryl methyl sites for hydroxylation is 1. The van der Waals surface area contributed by atoms with E-state index in [1.807, 2.05) is 25.1 Å². The zero-order valence-corrected chi connectivity index (χ0v) is 12.0. The number of rotatable bonds is 3. The summed E-state index contributed by atoms with van der Waals surface area (Å²) in [5, 5.41) is 10.5. The predicted molar refractivity (Wildman–Crippen MR) is 78.5 cm³/mol. The molecule has 1 N–H and O–H groups in total. The average Bonchev–Trinajstić information content (AvgIpc) is 2.37. The van der Waals surface area contributed by atoms with Crippen LogP contribution < -0.4 is 4.74 Å². The molecule has 0 spiro atoms. The third-order valence-corrected chi connectivity index (χ3v) is 3.91. The van der Waals surface area contributed by atoms with Crippen LogP contribution >= 0.6 is 0 Å². The zero-order chi connectivity index (χ0) is 13.7. The van der Waals surface area contributed by atoms with Crippen LogP contribution in [0.4, 0.5) is 0 Å². The molecule has 0 aromatic heterocycles. The first kappa shape index (κ1) is 14.1. The predicted octanol–water partition coefficient (Wildman–Crippen LogP) is 4.32. The van der Waals surface area contributed by atoms with Crippen LogP contribution in [0.5, 0.6) is 5.75 Å². The van der Waals surface area contributed by atoms with Gasteiger partial charge in [0.05, 0.1) is 7.11 Å². The quantitative estimate of drug-likeness (QED) is 0.820. The van der Waals surface area contributed by atoms with Gasteiger partial charge in [0.15, 0.2) is 0 Å². The minimum absolute atomic E-state index is 0.456. The van der Waals surface area contributed by atoms with E-state index >= 15 is 0 Å². The van der Waals surface area contributed by atoms with E-state index in [0.29, 0.717) is 0 Å². The minimum Gasteiger partial charge on any atom is -0.496 e. The Balaban J connectivity index is 2.17. The van der Waals surface area contributed by atoms with Crippen molar-refractivity contribution in [2.45, 2.75) is 51.6 Å². The molecule has 1 unspecified atom stereocenters. The fourth-order valence-corrected chi connectivity index (χ4v) is 2.75. The third-order valence-electron chi connectivity index (χ3n) is 3.91. The maximum Gasteiger partial charge on any atom is 0.121 e. The molecule has 0 bridgehead atoms. The van der Waals surface area contributed by atoms with Gasteiger partial charge in [0.1, 0.15) is 11.9 Å². The Morgan fingerprint density at radius 1 is 1.16 bits per heavy atom. The monoisotopic (exact) mass is 260 g/mol. The number of aliphatic hydroxyl groups is 1. The Morgan fingerprint density at radius 3 is 2.68 bits per heavy atom. The molecule has 0 radical (unpaired) electrons. The first-order valence-corrected chi connectivity index (χ1v) is 7.24. The van der Waals surface area contributed by atoms with E-state index in [1.54, 1.807) is 7.11 Å². The Hall–Kier alpha value is -1.28. The number of methoxy groups -OCH3 is 1. The van der Waals surface area contributed by atoms with Crippen molar-refractivity contribution in [3.8, 4) is 5.75 Å². The summed E-state index contributed by atoms with van der Waals surface area (Å²) in [6.45, 7) is 2.02. The van der Waals surface area contributed by atoms with Gasteiger partial charge in [-0.05, 0) is 61.4 Å². The minimum atomic E-state index is -0.456. The summed E-state index contributed by atoms with van der Waals surface area (Å²) < 4.78 is 5.27. The van der Waals surface area contributed by atoms with Crippen molar-refractivity contribution >= 4 is 0 Å². The highest BCUT2D eigenvalue weighted by atomic mass is 16.5. The van der Waals surface area contributed by atoms with Gasteiger partial charge in [-0.15, -0.1) is 0 Å². The summed E-state index contributed by atoms with van der Waals surface area (Å²) in [5.74, 6) is 0.877. The van der Waals surface area contributed by atoms with Crippen LogP contribution in [0.2, 0.25) is 0 Å². The number of aliphatic hydroxyl groups excluding tert-OH is 1. The standard InChI is InChI=1S/C17H24O2/c1-13-12-15(10-11-16(13)19-2)17(18)14-8-6-4-3-5-7-9-14/h8,10-12,17-18H,3-7,9H2,1-2H3/b14-8+. The van der Waals surface area contributed by atoms with Crippen LogP contribution in [-0.4, -0.2) is 12.2 Å². The van der Waals surface area contributed by atoms with Crippen LogP contribution in [0.1, 0.15) is 55.8 Å². The van der Waals surface area contributed by atoms with Gasteiger partial charge in [-0.3, -0.25) is 0 Å². The highest BCUT2D eigenvalue weighted by Crippen LogP contribution is 2.30. The molecule has 0 saturated heterocycles. The van der Waals surface area contributed by atoms with Crippen LogP contribution in [-0.2, 0) is 0 Å². The van der Waals surface area contributed by atoms with Crippen molar-refractivity contribution in [2.24, 2.45) is 0 Å². The van der Waals surface area contributed by atoms with Gasteiger partial charge in [-0.1, -0.05) is 25.0 Å². The summed E-state index contributed by atoms with van der Waals surface area (Å²) in [4.78, 5) is 0. The van der Waals surface area contributed by atoms with E-state index in [-0.39, 0.29) is 0 Å². The van der Waals surface area contributed by atoms with Gasteiger partial charge in [0.2, 0.25) is 0 Å². The first-order valence-electron chi connectivity index (χ1n) is 7.24. The van der Waals surface area contributed by atoms with Gasteiger partial charge >= 0.3 is 0 Å². The molecule has 19 heavy (non-hydrogen) atoms. The second-order valence-corrected chi connectivity index (χ2v) is 5.36. The van der Waals surface area contributed by atoms with E-state index in [0.717, 1.165) is 29.7 Å². The Kier molecular flexibility index (Phi) is 5.03. The molecule has 0 amide bonds. The number of allylic oxidation sites excluding steroid dienone is 1. The molecule has 2 rings (SSSR count). The van der Waals surface area contributed by atoms with E-state index in [1.165, 1.54) is 31.3 Å². The Morgan fingerprint density at radius 2 is 1.95 bits per heavy atom. The molecule has 1 aliphatic rings. The average molecular weight is 260 g/mol. The van der Waals surface area contributed by atoms with Crippen molar-refractivity contribution in [1.29, 1.82) is 0 Å². The van der Waals surface area contributed by atoms with E-state index in [9.17, 15) is 5.11 Å². The first-order chi connectivity index (χ1) is 9.22. The molecule has 0 heterocycles. The van der Waals surface area contributed by atoms with Crippen molar-refractivity contribution in [3.63, 3.8) is 0 Å². The second-order valence-electron chi connectivity index (χ2n) is 5.36. The van der Waals surface area contributed by atoms with Gasteiger partial charge in [0.25, 0.3) is 0 Å². The summed E-state index contributed by atoms with van der Waals surface area (Å²) >= 11 is 0. The molecule has 1 aromatic rings. The molecule has 1 aromatic carbocycles. The number of benzene rings is 1. The van der Waals surface area contributed by atoms with Crippen molar-refractivity contribution in [2.75, 3.05) is 7.11 Å². The molecule has 1 atom stereocenters. The Bertz CT molecular complexity index is 449. The van der Waals surface area contributed by atoms with Crippen LogP contribution in [0, 0.1) is 6.92 Å². The maximum atomic E-state index is 10.5. The highest BCUT2D eigenvalue weighted by Gasteiger charge is 2.15. The van der Waals surface area contributed by atoms with Gasteiger partial charge in [0, 0.05) is 0 Å². The maximum absolute atomic E-state index is 10.5. The van der Waals surface area contributed by atoms with E-state index in [4.69, 9.17) is 4.74 Å². The fourth-order valence-electron chi connectivity index (χ4n) is 2.75. The molecule has 1 aliphatic carbocycles. The second kappa shape index (κ2) is 6.76. The third kappa shape index (κ3) is 3.60. The lowest BCUT2D eigenvalue weighted by molar-refractivity contribution is 0.209. The van der Waals surface area contributed by atoms with E-state index in [2.05, 4.69) is 6.08 Å². The summed E-state index contributed by atoms with van der Waals surface area (Å²) in [7, 11) is 1.68. The highest BCUT2D eigenvalue weighted by molar-refractivity contribution is 5.39. The van der Waals surface area contributed by atoms with Gasteiger partial charge in [-0.2, -0.15) is 0 Å². The van der Waals surface area contributed by atoms with Gasteiger partial charge in [-0.25, -0.2) is 0 Å². The molecular formula is C17H24O2. The Labute approximate surface area is 116 Å². The number of hydrogen-bond donors (Lipinski definition) is 1. The summed E-state index contributed by atoms with van der Waals surface area (Å²) in [5.41, 5.74) is 3.24. The molecule has 0 fully saturated rings. The summed E-state index contributed by atoms with van der Waals surface area (Å²) in [6.07, 6.45) is 8.95. The molecule has 2 nitrogen and oxygen atoms in total. The lowest BCUT2D eigenvalue weighted by Gasteiger charge is -2.19.